The van der Waals surface area contributed by atoms with Crippen LogP contribution in [0.2, 0.25) is 0 Å². The largest absolute Gasteiger partial charge is 0.394 e. The van der Waals surface area contributed by atoms with Gasteiger partial charge in [0.2, 0.25) is 0 Å². The van der Waals surface area contributed by atoms with E-state index in [4.69, 9.17) is 5.11 Å². The summed E-state index contributed by atoms with van der Waals surface area (Å²) in [5.41, 5.74) is 3.97. The molecule has 0 aliphatic heterocycles. The van der Waals surface area contributed by atoms with Gasteiger partial charge in [0.05, 0.1) is 31.0 Å². The Hall–Kier alpha value is -2.02. The fourth-order valence-corrected chi connectivity index (χ4v) is 3.59. The van der Waals surface area contributed by atoms with E-state index in [2.05, 4.69) is 11.1 Å². The number of aliphatic hydroxyl groups excluding tert-OH is 2. The molecular formula is C17H18N2O3S. The Morgan fingerprint density at radius 3 is 2.78 bits per heavy atom. The van der Waals surface area contributed by atoms with Crippen LogP contribution in [0.1, 0.15) is 11.1 Å². The highest BCUT2D eigenvalue weighted by atomic mass is 32.1. The summed E-state index contributed by atoms with van der Waals surface area (Å²) in [5, 5.41) is 21.1. The highest BCUT2D eigenvalue weighted by Crippen LogP contribution is 2.32. The third kappa shape index (κ3) is 2.93. The van der Waals surface area contributed by atoms with E-state index in [1.54, 1.807) is 0 Å². The molecule has 3 aromatic rings. The number of aliphatic hydroxyl groups is 2. The maximum Gasteiger partial charge on any atom is 0.262 e. The van der Waals surface area contributed by atoms with E-state index in [0.29, 0.717) is 10.2 Å². The lowest BCUT2D eigenvalue weighted by Gasteiger charge is -2.10. The van der Waals surface area contributed by atoms with E-state index < -0.39 is 12.7 Å². The molecule has 5 nitrogen and oxygen atoms in total. The predicted molar refractivity (Wildman–Crippen MR) is 91.9 cm³/mol. The minimum absolute atomic E-state index is 0.0282. The van der Waals surface area contributed by atoms with Crippen molar-refractivity contribution >= 4 is 21.6 Å². The van der Waals surface area contributed by atoms with Gasteiger partial charge in [-0.25, -0.2) is 4.98 Å². The number of hydrogen-bond acceptors (Lipinski definition) is 5. The molecule has 2 aromatic heterocycles. The van der Waals surface area contributed by atoms with E-state index in [1.807, 2.05) is 31.4 Å². The first-order valence-electron chi connectivity index (χ1n) is 7.34. The van der Waals surface area contributed by atoms with Crippen LogP contribution in [0.15, 0.2) is 34.7 Å². The van der Waals surface area contributed by atoms with Crippen LogP contribution < -0.4 is 5.56 Å². The number of thiophene rings is 1. The first-order valence-corrected chi connectivity index (χ1v) is 8.22. The first-order chi connectivity index (χ1) is 11.0. The van der Waals surface area contributed by atoms with Gasteiger partial charge < -0.3 is 10.2 Å². The SMILES string of the molecule is Cc1ccc(-c2csc3ncn(CC(O)CO)c(=O)c23)c(C)c1. The molecule has 2 N–H and O–H groups in total. The van der Waals surface area contributed by atoms with Crippen molar-refractivity contribution in [3.63, 3.8) is 0 Å². The van der Waals surface area contributed by atoms with Crippen molar-refractivity contribution in [1.29, 1.82) is 0 Å². The summed E-state index contributed by atoms with van der Waals surface area (Å²) in [6.45, 7) is 3.70. The van der Waals surface area contributed by atoms with Gasteiger partial charge in [-0.2, -0.15) is 0 Å². The average Bonchev–Trinajstić information content (AvgIpc) is 2.94. The van der Waals surface area contributed by atoms with Crippen LogP contribution in [-0.4, -0.2) is 32.5 Å². The quantitative estimate of drug-likeness (QED) is 0.768. The zero-order chi connectivity index (χ0) is 16.6. The molecule has 0 radical (unpaired) electrons. The topological polar surface area (TPSA) is 75.3 Å². The number of hydrogen-bond donors (Lipinski definition) is 2. The highest BCUT2D eigenvalue weighted by Gasteiger charge is 2.15. The van der Waals surface area contributed by atoms with Gasteiger partial charge in [-0.1, -0.05) is 23.8 Å². The van der Waals surface area contributed by atoms with Crippen LogP contribution in [-0.2, 0) is 6.54 Å². The molecule has 1 atom stereocenters. The number of aromatic nitrogens is 2. The van der Waals surface area contributed by atoms with E-state index >= 15 is 0 Å². The lowest BCUT2D eigenvalue weighted by Crippen LogP contribution is -2.28. The van der Waals surface area contributed by atoms with Crippen molar-refractivity contribution < 1.29 is 10.2 Å². The summed E-state index contributed by atoms with van der Waals surface area (Å²) in [4.78, 5) is 17.7. The molecule has 3 rings (SSSR count). The van der Waals surface area contributed by atoms with E-state index in [9.17, 15) is 9.90 Å². The Kier molecular flexibility index (Phi) is 4.30. The summed E-state index contributed by atoms with van der Waals surface area (Å²) in [7, 11) is 0. The van der Waals surface area contributed by atoms with Gasteiger partial charge in [-0.3, -0.25) is 9.36 Å². The van der Waals surface area contributed by atoms with E-state index in [0.717, 1.165) is 16.7 Å². The van der Waals surface area contributed by atoms with Crippen molar-refractivity contribution in [2.75, 3.05) is 6.61 Å². The summed E-state index contributed by atoms with van der Waals surface area (Å²) in [6, 6.07) is 6.13. The molecule has 0 aliphatic carbocycles. The van der Waals surface area contributed by atoms with Crippen molar-refractivity contribution in [3.8, 4) is 11.1 Å². The number of rotatable bonds is 4. The average molecular weight is 330 g/mol. The molecular weight excluding hydrogens is 312 g/mol. The van der Waals surface area contributed by atoms with E-state index in [1.165, 1.54) is 27.8 Å². The van der Waals surface area contributed by atoms with Crippen molar-refractivity contribution in [2.45, 2.75) is 26.5 Å². The van der Waals surface area contributed by atoms with Gasteiger partial charge in [0, 0.05) is 10.9 Å². The fraction of sp³-hybridized carbons (Fsp3) is 0.294. The first kappa shape index (κ1) is 15.9. The summed E-state index contributed by atoms with van der Waals surface area (Å²) >= 11 is 1.43. The van der Waals surface area contributed by atoms with Crippen LogP contribution in [0.25, 0.3) is 21.3 Å². The van der Waals surface area contributed by atoms with Gasteiger partial charge in [-0.05, 0) is 25.0 Å². The Bertz CT molecular complexity index is 914. The number of fused-ring (bicyclic) bond motifs is 1. The molecule has 1 unspecified atom stereocenters. The Morgan fingerprint density at radius 2 is 2.09 bits per heavy atom. The molecule has 0 amide bonds. The number of nitrogens with zero attached hydrogens (tertiary/aromatic N) is 2. The monoisotopic (exact) mass is 330 g/mol. The highest BCUT2D eigenvalue weighted by molar-refractivity contribution is 7.17. The van der Waals surface area contributed by atoms with Crippen LogP contribution in [0, 0.1) is 13.8 Å². The molecule has 0 spiro atoms. The zero-order valence-corrected chi connectivity index (χ0v) is 13.8. The lowest BCUT2D eigenvalue weighted by molar-refractivity contribution is 0.0803. The Balaban J connectivity index is 2.19. The van der Waals surface area contributed by atoms with Crippen LogP contribution in [0.5, 0.6) is 0 Å². The maximum absolute atomic E-state index is 12.8. The van der Waals surface area contributed by atoms with E-state index in [-0.39, 0.29) is 12.1 Å². The second kappa shape index (κ2) is 6.23. The van der Waals surface area contributed by atoms with Crippen LogP contribution in [0.3, 0.4) is 0 Å². The normalized spacial score (nSPS) is 12.7. The molecule has 0 aliphatic rings. The molecule has 0 saturated heterocycles. The minimum Gasteiger partial charge on any atom is -0.394 e. The second-order valence-electron chi connectivity index (χ2n) is 5.69. The minimum atomic E-state index is -0.977. The molecule has 120 valence electrons. The Labute approximate surface area is 137 Å². The fourth-order valence-electron chi connectivity index (χ4n) is 2.70. The third-order valence-electron chi connectivity index (χ3n) is 3.85. The van der Waals surface area contributed by atoms with Crippen molar-refractivity contribution in [3.05, 3.63) is 51.4 Å². The summed E-state index contributed by atoms with van der Waals surface area (Å²) in [5.74, 6) is 0. The molecule has 1 aromatic carbocycles. The molecule has 0 fully saturated rings. The van der Waals surface area contributed by atoms with Gasteiger partial charge >= 0.3 is 0 Å². The van der Waals surface area contributed by atoms with Gasteiger partial charge in [0.15, 0.2) is 0 Å². The lowest BCUT2D eigenvalue weighted by atomic mass is 9.99. The standard InChI is InChI=1S/C17H18N2O3S/c1-10-3-4-13(11(2)5-10)14-8-23-16-15(14)17(22)19(9-18-16)6-12(21)7-20/h3-5,8-9,12,20-21H,6-7H2,1-2H3. The molecule has 6 heteroatoms. The molecule has 23 heavy (non-hydrogen) atoms. The molecule has 0 bridgehead atoms. The zero-order valence-electron chi connectivity index (χ0n) is 13.0. The van der Waals surface area contributed by atoms with Gasteiger partial charge in [-0.15, -0.1) is 11.3 Å². The number of aryl methyl sites for hydroxylation is 2. The summed E-state index contributed by atoms with van der Waals surface area (Å²) < 4.78 is 1.35. The predicted octanol–water partition coefficient (Wildman–Crippen LogP) is 2.10. The van der Waals surface area contributed by atoms with Crippen LogP contribution in [0.4, 0.5) is 0 Å². The second-order valence-corrected chi connectivity index (χ2v) is 6.54. The molecule has 0 saturated carbocycles. The Morgan fingerprint density at radius 1 is 1.30 bits per heavy atom. The van der Waals surface area contributed by atoms with Crippen molar-refractivity contribution in [2.24, 2.45) is 0 Å². The maximum atomic E-state index is 12.8. The van der Waals surface area contributed by atoms with Crippen LogP contribution >= 0.6 is 11.3 Å². The van der Waals surface area contributed by atoms with Gasteiger partial charge in [0.1, 0.15) is 4.83 Å². The summed E-state index contributed by atoms with van der Waals surface area (Å²) in [6.07, 6.45) is 0.446. The van der Waals surface area contributed by atoms with Gasteiger partial charge in [0.25, 0.3) is 5.56 Å². The molecule has 2 heterocycles. The third-order valence-corrected chi connectivity index (χ3v) is 4.74. The van der Waals surface area contributed by atoms with Crippen molar-refractivity contribution in [1.82, 2.24) is 9.55 Å². The smallest absolute Gasteiger partial charge is 0.262 e. The number of benzene rings is 1.